The standard InChI is InChI=1S/C11H16FN.C2H6/c1-3-7-13(2)9-10-5-4-6-11(12)8-10;1-2/h4-6,8H,3,7,9H2,1-2H3;1-2H3. The molecular weight excluding hydrogens is 189 g/mol. The Kier molecular flexibility index (Phi) is 7.92. The van der Waals surface area contributed by atoms with Crippen LogP contribution < -0.4 is 0 Å². The molecule has 0 atom stereocenters. The summed E-state index contributed by atoms with van der Waals surface area (Å²) in [7, 11) is 2.05. The van der Waals surface area contributed by atoms with Crippen LogP contribution in [0, 0.1) is 5.82 Å². The summed E-state index contributed by atoms with van der Waals surface area (Å²) in [5.74, 6) is -0.151. The first-order valence-corrected chi connectivity index (χ1v) is 5.65. The summed E-state index contributed by atoms with van der Waals surface area (Å²) in [6.45, 7) is 8.02. The Labute approximate surface area is 92.9 Å². The molecule has 1 rings (SSSR count). The minimum Gasteiger partial charge on any atom is -0.302 e. The molecule has 0 saturated heterocycles. The van der Waals surface area contributed by atoms with Crippen molar-refractivity contribution in [1.82, 2.24) is 4.90 Å². The third-order valence-corrected chi connectivity index (χ3v) is 1.95. The lowest BCUT2D eigenvalue weighted by molar-refractivity contribution is 0.327. The maximum absolute atomic E-state index is 12.8. The molecule has 1 nitrogen and oxygen atoms in total. The Morgan fingerprint density at radius 2 is 1.93 bits per heavy atom. The molecule has 15 heavy (non-hydrogen) atoms. The second-order valence-corrected chi connectivity index (χ2v) is 3.37. The van der Waals surface area contributed by atoms with Gasteiger partial charge in [-0.1, -0.05) is 32.9 Å². The van der Waals surface area contributed by atoms with Gasteiger partial charge >= 0.3 is 0 Å². The lowest BCUT2D eigenvalue weighted by Crippen LogP contribution is -2.18. The van der Waals surface area contributed by atoms with Crippen molar-refractivity contribution in [1.29, 1.82) is 0 Å². The normalized spacial score (nSPS) is 9.73. The van der Waals surface area contributed by atoms with Crippen molar-refractivity contribution in [2.45, 2.75) is 33.7 Å². The van der Waals surface area contributed by atoms with Crippen LogP contribution in [0.1, 0.15) is 32.8 Å². The molecular formula is C13H22FN. The predicted molar refractivity (Wildman–Crippen MR) is 64.4 cm³/mol. The predicted octanol–water partition coefficient (Wildman–Crippen LogP) is 3.69. The molecule has 0 aliphatic heterocycles. The van der Waals surface area contributed by atoms with Crippen LogP contribution in [-0.2, 0) is 6.54 Å². The summed E-state index contributed by atoms with van der Waals surface area (Å²) in [6.07, 6.45) is 1.13. The zero-order valence-electron chi connectivity index (χ0n) is 10.3. The number of nitrogens with zero attached hydrogens (tertiary/aromatic N) is 1. The number of halogens is 1. The second kappa shape index (κ2) is 8.42. The molecule has 0 aliphatic rings. The van der Waals surface area contributed by atoms with E-state index in [1.165, 1.54) is 6.07 Å². The van der Waals surface area contributed by atoms with Gasteiger partial charge in [0.25, 0.3) is 0 Å². The minimum absolute atomic E-state index is 0.151. The lowest BCUT2D eigenvalue weighted by atomic mass is 10.2. The fourth-order valence-electron chi connectivity index (χ4n) is 1.41. The highest BCUT2D eigenvalue weighted by atomic mass is 19.1. The van der Waals surface area contributed by atoms with E-state index in [1.807, 2.05) is 19.9 Å². The third kappa shape index (κ3) is 6.24. The van der Waals surface area contributed by atoms with Gasteiger partial charge < -0.3 is 4.90 Å². The molecule has 0 heterocycles. The van der Waals surface area contributed by atoms with E-state index in [0.29, 0.717) is 0 Å². The smallest absolute Gasteiger partial charge is 0.123 e. The molecule has 0 aromatic heterocycles. The van der Waals surface area contributed by atoms with E-state index in [0.717, 1.165) is 25.1 Å². The fraction of sp³-hybridized carbons (Fsp3) is 0.538. The average Bonchev–Trinajstić information content (AvgIpc) is 2.21. The van der Waals surface area contributed by atoms with Gasteiger partial charge in [-0.05, 0) is 37.7 Å². The van der Waals surface area contributed by atoms with E-state index in [9.17, 15) is 4.39 Å². The van der Waals surface area contributed by atoms with Gasteiger partial charge in [0, 0.05) is 6.54 Å². The summed E-state index contributed by atoms with van der Waals surface area (Å²) in [5.41, 5.74) is 1.04. The van der Waals surface area contributed by atoms with Crippen molar-refractivity contribution in [3.8, 4) is 0 Å². The molecule has 0 unspecified atom stereocenters. The second-order valence-electron chi connectivity index (χ2n) is 3.37. The Morgan fingerprint density at radius 3 is 2.47 bits per heavy atom. The molecule has 0 spiro atoms. The van der Waals surface area contributed by atoms with Crippen LogP contribution >= 0.6 is 0 Å². The van der Waals surface area contributed by atoms with Crippen molar-refractivity contribution in [2.24, 2.45) is 0 Å². The van der Waals surface area contributed by atoms with E-state index < -0.39 is 0 Å². The number of hydrogen-bond donors (Lipinski definition) is 0. The van der Waals surface area contributed by atoms with Crippen LogP contribution in [-0.4, -0.2) is 18.5 Å². The summed E-state index contributed by atoms with van der Waals surface area (Å²) in [6, 6.07) is 6.77. The van der Waals surface area contributed by atoms with Gasteiger partial charge in [0.15, 0.2) is 0 Å². The lowest BCUT2D eigenvalue weighted by Gasteiger charge is -2.15. The zero-order chi connectivity index (χ0) is 11.7. The zero-order valence-corrected chi connectivity index (χ0v) is 10.3. The van der Waals surface area contributed by atoms with Crippen molar-refractivity contribution in [3.05, 3.63) is 35.6 Å². The van der Waals surface area contributed by atoms with Crippen LogP contribution in [0.5, 0.6) is 0 Å². The maximum atomic E-state index is 12.8. The van der Waals surface area contributed by atoms with Crippen LogP contribution in [0.3, 0.4) is 0 Å². The first kappa shape index (κ1) is 14.1. The number of rotatable bonds is 4. The summed E-state index contributed by atoms with van der Waals surface area (Å²) >= 11 is 0. The first-order valence-electron chi connectivity index (χ1n) is 5.65. The highest BCUT2D eigenvalue weighted by molar-refractivity contribution is 5.15. The van der Waals surface area contributed by atoms with E-state index in [1.54, 1.807) is 12.1 Å². The fourth-order valence-corrected chi connectivity index (χ4v) is 1.41. The molecule has 2 heteroatoms. The highest BCUT2D eigenvalue weighted by Gasteiger charge is 1.99. The Hall–Kier alpha value is -0.890. The molecule has 0 saturated carbocycles. The van der Waals surface area contributed by atoms with E-state index in [4.69, 9.17) is 0 Å². The minimum atomic E-state index is -0.151. The van der Waals surface area contributed by atoms with Gasteiger partial charge in [-0.3, -0.25) is 0 Å². The highest BCUT2D eigenvalue weighted by Crippen LogP contribution is 2.06. The molecule has 86 valence electrons. The molecule has 0 bridgehead atoms. The molecule has 0 N–H and O–H groups in total. The van der Waals surface area contributed by atoms with Crippen molar-refractivity contribution in [2.75, 3.05) is 13.6 Å². The van der Waals surface area contributed by atoms with Crippen LogP contribution in [0.15, 0.2) is 24.3 Å². The largest absolute Gasteiger partial charge is 0.302 e. The average molecular weight is 211 g/mol. The van der Waals surface area contributed by atoms with Crippen molar-refractivity contribution < 1.29 is 4.39 Å². The number of benzene rings is 1. The summed E-state index contributed by atoms with van der Waals surface area (Å²) in [5, 5.41) is 0. The van der Waals surface area contributed by atoms with Gasteiger partial charge in [0.05, 0.1) is 0 Å². The van der Waals surface area contributed by atoms with Crippen LogP contribution in [0.4, 0.5) is 4.39 Å². The first-order chi connectivity index (χ1) is 7.22. The van der Waals surface area contributed by atoms with Crippen molar-refractivity contribution >= 4 is 0 Å². The van der Waals surface area contributed by atoms with E-state index in [2.05, 4.69) is 18.9 Å². The quantitative estimate of drug-likeness (QED) is 0.734. The summed E-state index contributed by atoms with van der Waals surface area (Å²) < 4.78 is 12.8. The molecule has 0 aliphatic carbocycles. The topological polar surface area (TPSA) is 3.24 Å². The molecule has 0 radical (unpaired) electrons. The molecule has 1 aromatic rings. The van der Waals surface area contributed by atoms with Gasteiger partial charge in [0.1, 0.15) is 5.82 Å². The Bertz CT molecular complexity index is 260. The van der Waals surface area contributed by atoms with Gasteiger partial charge in [-0.15, -0.1) is 0 Å². The van der Waals surface area contributed by atoms with E-state index >= 15 is 0 Å². The molecule has 0 fully saturated rings. The Morgan fingerprint density at radius 1 is 1.27 bits per heavy atom. The number of hydrogen-bond acceptors (Lipinski definition) is 1. The molecule has 1 aromatic carbocycles. The van der Waals surface area contributed by atoms with Gasteiger partial charge in [-0.25, -0.2) is 4.39 Å². The SMILES string of the molecule is CC.CCCN(C)Cc1cccc(F)c1. The monoisotopic (exact) mass is 211 g/mol. The Balaban J connectivity index is 0.000000921. The van der Waals surface area contributed by atoms with Gasteiger partial charge in [-0.2, -0.15) is 0 Å². The van der Waals surface area contributed by atoms with Crippen LogP contribution in [0.2, 0.25) is 0 Å². The van der Waals surface area contributed by atoms with Gasteiger partial charge in [0.2, 0.25) is 0 Å². The maximum Gasteiger partial charge on any atom is 0.123 e. The summed E-state index contributed by atoms with van der Waals surface area (Å²) in [4.78, 5) is 2.19. The third-order valence-electron chi connectivity index (χ3n) is 1.95. The molecule has 0 amide bonds. The van der Waals surface area contributed by atoms with Crippen LogP contribution in [0.25, 0.3) is 0 Å². The van der Waals surface area contributed by atoms with Crippen molar-refractivity contribution in [3.63, 3.8) is 0 Å². The van der Waals surface area contributed by atoms with E-state index in [-0.39, 0.29) is 5.82 Å².